The van der Waals surface area contributed by atoms with E-state index < -0.39 is 14.7 Å². The second kappa shape index (κ2) is 10.5. The van der Waals surface area contributed by atoms with Crippen LogP contribution in [0.25, 0.3) is 10.8 Å². The maximum absolute atomic E-state index is 13.1. The van der Waals surface area contributed by atoms with E-state index in [-0.39, 0.29) is 36.5 Å². The molecule has 2 heterocycles. The van der Waals surface area contributed by atoms with Crippen molar-refractivity contribution in [3.8, 4) is 0 Å². The first-order valence-corrected chi connectivity index (χ1v) is 15.8. The molecular weight excluding hydrogens is 539 g/mol. The number of carbonyl (C=O) groups is 3. The Morgan fingerprint density at radius 1 is 0.972 bits per heavy atom. The van der Waals surface area contributed by atoms with Crippen LogP contribution in [-0.4, -0.2) is 37.4 Å². The van der Waals surface area contributed by atoms with Crippen LogP contribution in [0.3, 0.4) is 0 Å². The first-order valence-electron chi connectivity index (χ1n) is 11.1. The zero-order valence-electron chi connectivity index (χ0n) is 19.7. The maximum Gasteiger partial charge on any atom is -0.147 e. The molecule has 0 fully saturated rings. The van der Waals surface area contributed by atoms with E-state index in [0.717, 1.165) is 15.3 Å². The van der Waals surface area contributed by atoms with Crippen molar-refractivity contribution in [2.45, 2.75) is 17.8 Å². The molecule has 36 heavy (non-hydrogen) atoms. The SMILES string of the molecule is C[As](C)c1ncccc1C(=O)Nc1ccc(N2C(=O)CC(=O)Nc3c2ccc2ccccc32)cc1.Cl. The average Bonchev–Trinajstić information content (AvgIpc) is 2.99. The summed E-state index contributed by atoms with van der Waals surface area (Å²) in [4.78, 5) is 44.4. The van der Waals surface area contributed by atoms with E-state index in [4.69, 9.17) is 0 Å². The number of nitrogens with one attached hydrogen (secondary N) is 2. The number of rotatable bonds is 4. The third-order valence-corrected chi connectivity index (χ3v) is 8.34. The molecule has 3 aromatic carbocycles. The number of aromatic nitrogens is 1. The predicted octanol–water partition coefficient (Wildman–Crippen LogP) is 4.88. The minimum atomic E-state index is -1.35. The summed E-state index contributed by atoms with van der Waals surface area (Å²) < 4.78 is 0.880. The van der Waals surface area contributed by atoms with E-state index in [1.54, 1.807) is 47.5 Å². The Hall–Kier alpha value is -3.67. The van der Waals surface area contributed by atoms with Crippen molar-refractivity contribution in [2.24, 2.45) is 0 Å². The normalized spacial score (nSPS) is 13.0. The van der Waals surface area contributed by atoms with Crippen LogP contribution in [0.4, 0.5) is 22.7 Å². The van der Waals surface area contributed by atoms with Crippen LogP contribution in [0.1, 0.15) is 16.8 Å². The van der Waals surface area contributed by atoms with Crippen LogP contribution in [0.2, 0.25) is 11.4 Å². The summed E-state index contributed by atoms with van der Waals surface area (Å²) in [6, 6.07) is 22.1. The average molecular weight is 563 g/mol. The molecule has 3 amide bonds. The second-order valence-corrected chi connectivity index (χ2v) is 13.0. The summed E-state index contributed by atoms with van der Waals surface area (Å²) in [6.45, 7) is 0. The molecule has 7 nitrogen and oxygen atoms in total. The Morgan fingerprint density at radius 2 is 1.72 bits per heavy atom. The standard InChI is InChI=1S/C27H23AsN4O3.ClH/c1-28(2)26-21(8-5-15-29-26)27(35)30-18-10-12-19(13-11-18)32-22-14-9-17-6-3-4-7-20(17)25(22)31-23(33)16-24(32)34;/h3-15H,16H2,1-2H3,(H,30,35)(H,31,33);1H. The number of hydrogen-bond acceptors (Lipinski definition) is 4. The Bertz CT molecular complexity index is 1470. The first-order chi connectivity index (χ1) is 16.9. The molecular formula is C27H24AsClN4O3. The van der Waals surface area contributed by atoms with E-state index in [1.807, 2.05) is 36.4 Å². The third-order valence-electron chi connectivity index (χ3n) is 5.81. The van der Waals surface area contributed by atoms with Crippen molar-refractivity contribution in [1.82, 2.24) is 4.98 Å². The number of hydrogen-bond donors (Lipinski definition) is 2. The Balaban J connectivity index is 0.00000304. The quantitative estimate of drug-likeness (QED) is 0.274. The van der Waals surface area contributed by atoms with Gasteiger partial charge in [-0.3, -0.25) is 4.79 Å². The molecule has 1 aliphatic heterocycles. The van der Waals surface area contributed by atoms with Crippen LogP contribution in [0.15, 0.2) is 79.0 Å². The van der Waals surface area contributed by atoms with E-state index in [1.165, 1.54) is 0 Å². The predicted molar refractivity (Wildman–Crippen MR) is 147 cm³/mol. The number of nitrogens with zero attached hydrogens (tertiary/aromatic N) is 2. The van der Waals surface area contributed by atoms with Gasteiger partial charge < -0.3 is 0 Å². The maximum atomic E-state index is 13.1. The molecule has 0 spiro atoms. The van der Waals surface area contributed by atoms with Crippen LogP contribution in [0, 0.1) is 0 Å². The number of anilines is 4. The molecule has 2 N–H and O–H groups in total. The van der Waals surface area contributed by atoms with Gasteiger partial charge in [0.2, 0.25) is 0 Å². The van der Waals surface area contributed by atoms with Gasteiger partial charge in [0, 0.05) is 0 Å². The van der Waals surface area contributed by atoms with Crippen LogP contribution in [0.5, 0.6) is 0 Å². The molecule has 1 aromatic heterocycles. The van der Waals surface area contributed by atoms with E-state index in [2.05, 4.69) is 27.0 Å². The van der Waals surface area contributed by atoms with Crippen molar-refractivity contribution in [3.05, 3.63) is 84.6 Å². The van der Waals surface area contributed by atoms with Crippen LogP contribution < -0.4 is 20.0 Å². The first kappa shape index (κ1) is 25.4. The number of amides is 3. The number of halogens is 1. The largest absolute Gasteiger partial charge is 0.147 e. The zero-order valence-corrected chi connectivity index (χ0v) is 22.4. The fraction of sp³-hybridized carbons (Fsp3) is 0.111. The molecule has 0 unspecified atom stereocenters. The molecule has 0 atom stereocenters. The smallest absolute Gasteiger partial charge is 0.147 e. The van der Waals surface area contributed by atoms with Crippen LogP contribution >= 0.6 is 12.4 Å². The fourth-order valence-corrected chi connectivity index (χ4v) is 6.22. The molecule has 4 aromatic rings. The van der Waals surface area contributed by atoms with Crippen molar-refractivity contribution in [3.63, 3.8) is 0 Å². The van der Waals surface area contributed by atoms with Gasteiger partial charge >= 0.3 is 173 Å². The Morgan fingerprint density at radius 3 is 2.47 bits per heavy atom. The number of carbonyl (C=O) groups excluding carboxylic acids is 3. The molecule has 1 aliphatic rings. The van der Waals surface area contributed by atoms with Gasteiger partial charge in [0.25, 0.3) is 0 Å². The summed E-state index contributed by atoms with van der Waals surface area (Å²) in [5, 5.41) is 7.67. The monoisotopic (exact) mass is 562 g/mol. The number of pyridine rings is 1. The van der Waals surface area contributed by atoms with Gasteiger partial charge in [-0.1, -0.05) is 24.3 Å². The summed E-state index contributed by atoms with van der Waals surface area (Å²) in [5.74, 6) is -0.878. The fourth-order valence-electron chi connectivity index (χ4n) is 4.22. The van der Waals surface area contributed by atoms with Gasteiger partial charge in [0.1, 0.15) is 0 Å². The summed E-state index contributed by atoms with van der Waals surface area (Å²) >= 11 is -1.35. The zero-order chi connectivity index (χ0) is 24.5. The molecule has 0 aliphatic carbocycles. The van der Waals surface area contributed by atoms with E-state index in [0.29, 0.717) is 28.3 Å². The van der Waals surface area contributed by atoms with Gasteiger partial charge in [-0.05, 0) is 5.39 Å². The van der Waals surface area contributed by atoms with Crippen molar-refractivity contribution in [2.75, 3.05) is 15.5 Å². The molecule has 0 saturated heterocycles. The summed E-state index contributed by atoms with van der Waals surface area (Å²) in [6.07, 6.45) is 1.46. The second-order valence-electron chi connectivity index (χ2n) is 8.40. The molecule has 0 bridgehead atoms. The molecule has 182 valence electrons. The van der Waals surface area contributed by atoms with Crippen molar-refractivity contribution >= 4 is 82.8 Å². The molecule has 0 radical (unpaired) electrons. The number of fused-ring (bicyclic) bond motifs is 3. The molecule has 9 heteroatoms. The topological polar surface area (TPSA) is 91.4 Å². The van der Waals surface area contributed by atoms with Gasteiger partial charge in [0.15, 0.2) is 0 Å². The summed E-state index contributed by atoms with van der Waals surface area (Å²) in [7, 11) is 0. The minimum absolute atomic E-state index is 0. The van der Waals surface area contributed by atoms with Gasteiger partial charge in [-0.25, -0.2) is 0 Å². The summed E-state index contributed by atoms with van der Waals surface area (Å²) in [5.41, 5.74) is 7.30. The third kappa shape index (κ3) is 4.85. The van der Waals surface area contributed by atoms with E-state index in [9.17, 15) is 14.4 Å². The molecule has 0 saturated carbocycles. The van der Waals surface area contributed by atoms with Gasteiger partial charge in [-0.15, -0.1) is 12.4 Å². The van der Waals surface area contributed by atoms with Crippen molar-refractivity contribution in [1.29, 1.82) is 0 Å². The minimum Gasteiger partial charge on any atom is -0.147 e. The Labute approximate surface area is 219 Å². The van der Waals surface area contributed by atoms with Gasteiger partial charge in [0.05, 0.1) is 0 Å². The van der Waals surface area contributed by atoms with Gasteiger partial charge in [-0.2, -0.15) is 0 Å². The number of benzene rings is 3. The Kier molecular flexibility index (Phi) is 7.43. The molecule has 5 rings (SSSR count). The van der Waals surface area contributed by atoms with Crippen molar-refractivity contribution < 1.29 is 14.4 Å². The van der Waals surface area contributed by atoms with Crippen LogP contribution in [-0.2, 0) is 9.59 Å². The van der Waals surface area contributed by atoms with E-state index >= 15 is 0 Å².